The largest absolute Gasteiger partial charge is 0.393 e. The summed E-state index contributed by atoms with van der Waals surface area (Å²) in [5, 5.41) is 22.8. The third kappa shape index (κ3) is 3.37. The quantitative estimate of drug-likeness (QED) is 0.646. The van der Waals surface area contributed by atoms with Crippen LogP contribution in [-0.4, -0.2) is 40.2 Å². The van der Waals surface area contributed by atoms with Crippen molar-refractivity contribution in [3.63, 3.8) is 0 Å². The van der Waals surface area contributed by atoms with Crippen LogP contribution in [0.2, 0.25) is 5.02 Å². The number of aliphatic hydroxyl groups is 1. The lowest BCUT2D eigenvalue weighted by atomic mass is 10.1. The van der Waals surface area contributed by atoms with Gasteiger partial charge in [0.15, 0.2) is 0 Å². The van der Waals surface area contributed by atoms with Gasteiger partial charge in [0, 0.05) is 24.8 Å². The molecule has 0 atom stereocenters. The summed E-state index contributed by atoms with van der Waals surface area (Å²) in [7, 11) is 0. The van der Waals surface area contributed by atoms with Crippen LogP contribution in [0.3, 0.4) is 0 Å². The number of amides is 2. The topological polar surface area (TPSA) is 95.7 Å². The zero-order valence-electron chi connectivity index (χ0n) is 10.6. The lowest BCUT2D eigenvalue weighted by Gasteiger charge is -2.29. The Hall–Kier alpha value is -1.86. The molecule has 0 aliphatic carbocycles. The van der Waals surface area contributed by atoms with Gasteiger partial charge in [-0.05, 0) is 25.0 Å². The van der Waals surface area contributed by atoms with Gasteiger partial charge in [-0.15, -0.1) is 0 Å². The molecule has 0 unspecified atom stereocenters. The number of nitro benzene ring substituents is 1. The van der Waals surface area contributed by atoms with Gasteiger partial charge >= 0.3 is 6.03 Å². The maximum atomic E-state index is 12.0. The van der Waals surface area contributed by atoms with Crippen molar-refractivity contribution < 1.29 is 14.8 Å². The second kappa shape index (κ2) is 6.06. The minimum Gasteiger partial charge on any atom is -0.393 e. The number of benzene rings is 1. The Kier molecular flexibility index (Phi) is 4.41. The summed E-state index contributed by atoms with van der Waals surface area (Å²) >= 11 is 5.70. The van der Waals surface area contributed by atoms with Crippen molar-refractivity contribution in [3.8, 4) is 0 Å². The minimum atomic E-state index is -0.602. The first kappa shape index (κ1) is 14.5. The molecule has 1 saturated heterocycles. The summed E-state index contributed by atoms with van der Waals surface area (Å²) in [5.41, 5.74) is 0.0655. The second-order valence-electron chi connectivity index (χ2n) is 4.57. The van der Waals surface area contributed by atoms with Gasteiger partial charge in [-0.3, -0.25) is 10.1 Å². The molecule has 1 aliphatic heterocycles. The van der Waals surface area contributed by atoms with Crippen LogP contribution in [0.15, 0.2) is 18.2 Å². The molecule has 1 aromatic carbocycles. The Morgan fingerprint density at radius 2 is 2.10 bits per heavy atom. The Balaban J connectivity index is 2.04. The van der Waals surface area contributed by atoms with Crippen LogP contribution >= 0.6 is 11.6 Å². The molecule has 0 radical (unpaired) electrons. The third-order valence-corrected chi connectivity index (χ3v) is 3.47. The fourth-order valence-corrected chi connectivity index (χ4v) is 2.19. The highest BCUT2D eigenvalue weighted by atomic mass is 35.5. The first-order chi connectivity index (χ1) is 9.47. The average molecular weight is 300 g/mol. The first-order valence-electron chi connectivity index (χ1n) is 6.15. The summed E-state index contributed by atoms with van der Waals surface area (Å²) in [6, 6.07) is 3.76. The standard InChI is InChI=1S/C12H14ClN3O4/c13-10-2-1-8(7-11(10)16(19)20)14-12(18)15-5-3-9(17)4-6-15/h1-2,7,9,17H,3-6H2,(H,14,18). The zero-order chi connectivity index (χ0) is 14.7. The van der Waals surface area contributed by atoms with Gasteiger partial charge in [0.05, 0.1) is 11.0 Å². The number of rotatable bonds is 2. The van der Waals surface area contributed by atoms with E-state index in [0.717, 1.165) is 0 Å². The number of halogens is 1. The maximum absolute atomic E-state index is 12.0. The van der Waals surface area contributed by atoms with Crippen molar-refractivity contribution in [2.24, 2.45) is 0 Å². The second-order valence-corrected chi connectivity index (χ2v) is 4.98. The molecular weight excluding hydrogens is 286 g/mol. The van der Waals surface area contributed by atoms with Gasteiger partial charge in [-0.2, -0.15) is 0 Å². The Bertz CT molecular complexity index is 529. The summed E-state index contributed by atoms with van der Waals surface area (Å²) in [4.78, 5) is 23.7. The fourth-order valence-electron chi connectivity index (χ4n) is 2.00. The Morgan fingerprint density at radius 1 is 1.45 bits per heavy atom. The molecule has 8 heteroatoms. The number of likely N-dealkylation sites (tertiary alicyclic amines) is 1. The molecule has 0 saturated carbocycles. The van der Waals surface area contributed by atoms with Crippen LogP contribution in [0, 0.1) is 10.1 Å². The molecule has 1 aliphatic rings. The number of nitro groups is 1. The van der Waals surface area contributed by atoms with Gasteiger partial charge in [0.1, 0.15) is 5.02 Å². The van der Waals surface area contributed by atoms with E-state index in [1.165, 1.54) is 18.2 Å². The van der Waals surface area contributed by atoms with Crippen molar-refractivity contribution in [1.29, 1.82) is 0 Å². The lowest BCUT2D eigenvalue weighted by molar-refractivity contribution is -0.384. The van der Waals surface area contributed by atoms with Crippen molar-refractivity contribution in [3.05, 3.63) is 33.3 Å². The highest BCUT2D eigenvalue weighted by Gasteiger charge is 2.22. The summed E-state index contributed by atoms with van der Waals surface area (Å²) in [5.74, 6) is 0. The van der Waals surface area contributed by atoms with Gasteiger partial charge in [0.2, 0.25) is 0 Å². The number of carbonyl (C=O) groups excluding carboxylic acids is 1. The number of urea groups is 1. The van der Waals surface area contributed by atoms with Crippen molar-refractivity contribution in [1.82, 2.24) is 4.90 Å². The zero-order valence-corrected chi connectivity index (χ0v) is 11.3. The number of anilines is 1. The minimum absolute atomic E-state index is 0.0223. The number of nitrogens with zero attached hydrogens (tertiary/aromatic N) is 2. The van der Waals surface area contributed by atoms with E-state index in [-0.39, 0.29) is 22.8 Å². The molecule has 108 valence electrons. The van der Waals surface area contributed by atoms with E-state index in [4.69, 9.17) is 11.6 Å². The summed E-state index contributed by atoms with van der Waals surface area (Å²) in [6.07, 6.45) is 0.707. The van der Waals surface area contributed by atoms with E-state index >= 15 is 0 Å². The molecule has 0 spiro atoms. The summed E-state index contributed by atoms with van der Waals surface area (Å²) < 4.78 is 0. The van der Waals surface area contributed by atoms with Gasteiger partial charge in [0.25, 0.3) is 5.69 Å². The van der Waals surface area contributed by atoms with Crippen molar-refractivity contribution in [2.45, 2.75) is 18.9 Å². The molecule has 1 aromatic rings. The van der Waals surface area contributed by atoms with E-state index in [2.05, 4.69) is 5.32 Å². The fraction of sp³-hybridized carbons (Fsp3) is 0.417. The predicted octanol–water partition coefficient (Wildman–Crippen LogP) is 2.24. The van der Waals surface area contributed by atoms with Crippen LogP contribution < -0.4 is 5.32 Å². The number of nitrogens with one attached hydrogen (secondary N) is 1. The van der Waals surface area contributed by atoms with E-state index < -0.39 is 4.92 Å². The molecule has 1 fully saturated rings. The lowest BCUT2D eigenvalue weighted by Crippen LogP contribution is -2.42. The number of carbonyl (C=O) groups is 1. The van der Waals surface area contributed by atoms with Crippen LogP contribution in [0.25, 0.3) is 0 Å². The monoisotopic (exact) mass is 299 g/mol. The van der Waals surface area contributed by atoms with Crippen LogP contribution in [-0.2, 0) is 0 Å². The van der Waals surface area contributed by atoms with Crippen LogP contribution in [0.4, 0.5) is 16.2 Å². The normalized spacial score (nSPS) is 16.0. The molecule has 0 bridgehead atoms. The van der Waals surface area contributed by atoms with Gasteiger partial charge in [-0.25, -0.2) is 4.79 Å². The molecule has 0 aromatic heterocycles. The van der Waals surface area contributed by atoms with E-state index in [1.807, 2.05) is 0 Å². The van der Waals surface area contributed by atoms with Gasteiger partial charge in [-0.1, -0.05) is 11.6 Å². The van der Waals surface area contributed by atoms with Crippen molar-refractivity contribution in [2.75, 3.05) is 18.4 Å². The van der Waals surface area contributed by atoms with Crippen LogP contribution in [0.5, 0.6) is 0 Å². The van der Waals surface area contributed by atoms with Crippen molar-refractivity contribution >= 4 is 29.0 Å². The summed E-state index contributed by atoms with van der Waals surface area (Å²) in [6.45, 7) is 0.922. The van der Waals surface area contributed by atoms with Gasteiger partial charge < -0.3 is 15.3 Å². The number of hydrogen-bond donors (Lipinski definition) is 2. The number of piperidine rings is 1. The molecule has 2 N–H and O–H groups in total. The number of hydrogen-bond acceptors (Lipinski definition) is 4. The maximum Gasteiger partial charge on any atom is 0.321 e. The van der Waals surface area contributed by atoms with E-state index in [9.17, 15) is 20.0 Å². The highest BCUT2D eigenvalue weighted by Crippen LogP contribution is 2.27. The Labute approximate surface area is 120 Å². The van der Waals surface area contributed by atoms with Crippen LogP contribution in [0.1, 0.15) is 12.8 Å². The molecule has 2 rings (SSSR count). The molecule has 7 nitrogen and oxygen atoms in total. The van der Waals surface area contributed by atoms with E-state index in [0.29, 0.717) is 31.6 Å². The predicted molar refractivity (Wildman–Crippen MR) is 73.9 cm³/mol. The molecule has 2 amide bonds. The first-order valence-corrected chi connectivity index (χ1v) is 6.53. The molecule has 1 heterocycles. The Morgan fingerprint density at radius 3 is 2.70 bits per heavy atom. The molecule has 20 heavy (non-hydrogen) atoms. The smallest absolute Gasteiger partial charge is 0.321 e. The molecular formula is C12H14ClN3O4. The highest BCUT2D eigenvalue weighted by molar-refractivity contribution is 6.32. The SMILES string of the molecule is O=C(Nc1ccc(Cl)c([N+](=O)[O-])c1)N1CCC(O)CC1. The average Bonchev–Trinajstić information content (AvgIpc) is 2.41. The van der Waals surface area contributed by atoms with E-state index in [1.54, 1.807) is 4.90 Å². The third-order valence-electron chi connectivity index (χ3n) is 3.15. The number of aliphatic hydroxyl groups excluding tert-OH is 1.